The Labute approximate surface area is 106 Å². The van der Waals surface area contributed by atoms with Gasteiger partial charge in [-0.05, 0) is 12.8 Å². The van der Waals surface area contributed by atoms with Gasteiger partial charge in [-0.3, -0.25) is 0 Å². The average molecular weight is 282 g/mol. The van der Waals surface area contributed by atoms with Crippen molar-refractivity contribution in [3.63, 3.8) is 0 Å². The van der Waals surface area contributed by atoms with Crippen LogP contribution in [-0.4, -0.2) is 34.3 Å². The normalized spacial score (nSPS) is 20.5. The first-order valence-corrected chi connectivity index (χ1v) is 5.79. The molecule has 0 aromatic carbocycles. The lowest BCUT2D eigenvalue weighted by atomic mass is 10.2. The number of aliphatic hydroxyl groups excluding tert-OH is 1. The Bertz CT molecular complexity index is 441. The molecule has 18 heavy (non-hydrogen) atoms. The first-order chi connectivity index (χ1) is 8.41. The van der Waals surface area contributed by atoms with Crippen molar-refractivity contribution in [2.24, 2.45) is 0 Å². The van der Waals surface area contributed by atoms with Crippen molar-refractivity contribution in [2.45, 2.75) is 25.1 Å². The first kappa shape index (κ1) is 13.4. The number of anilines is 1. The third kappa shape index (κ3) is 2.67. The molecule has 1 aliphatic heterocycles. The summed E-state index contributed by atoms with van der Waals surface area (Å²) in [6.07, 6.45) is -3.11. The van der Waals surface area contributed by atoms with Crippen molar-refractivity contribution in [3.8, 4) is 0 Å². The standard InChI is InChI=1S/C10H11ClF3N3O/c11-7-4-8(16-9(15-7)10(12,13)14)17-3-1-2-6(17)5-18/h4,6,18H,1-3,5H2. The molecule has 8 heteroatoms. The molecule has 0 aliphatic carbocycles. The lowest BCUT2D eigenvalue weighted by Crippen LogP contribution is -2.33. The second-order valence-electron chi connectivity index (χ2n) is 4.04. The predicted molar refractivity (Wildman–Crippen MR) is 59.5 cm³/mol. The maximum Gasteiger partial charge on any atom is 0.451 e. The molecule has 1 saturated heterocycles. The van der Waals surface area contributed by atoms with Gasteiger partial charge in [-0.25, -0.2) is 9.97 Å². The highest BCUT2D eigenvalue weighted by Gasteiger charge is 2.36. The van der Waals surface area contributed by atoms with Crippen LogP contribution in [0.4, 0.5) is 19.0 Å². The molecule has 4 nitrogen and oxygen atoms in total. The second-order valence-corrected chi connectivity index (χ2v) is 4.43. The average Bonchev–Trinajstić information content (AvgIpc) is 2.74. The molecule has 0 amide bonds. The van der Waals surface area contributed by atoms with Crippen LogP contribution in [0.5, 0.6) is 0 Å². The van der Waals surface area contributed by atoms with Crippen LogP contribution in [0.15, 0.2) is 6.07 Å². The zero-order chi connectivity index (χ0) is 13.3. The number of halogens is 4. The number of aliphatic hydroxyl groups is 1. The fourth-order valence-corrected chi connectivity index (χ4v) is 2.18. The summed E-state index contributed by atoms with van der Waals surface area (Å²) in [6, 6.07) is 1.07. The smallest absolute Gasteiger partial charge is 0.394 e. The highest BCUT2D eigenvalue weighted by molar-refractivity contribution is 6.29. The van der Waals surface area contributed by atoms with Crippen LogP contribution in [-0.2, 0) is 6.18 Å². The molecular weight excluding hydrogens is 271 g/mol. The summed E-state index contributed by atoms with van der Waals surface area (Å²) in [5, 5.41) is 8.90. The summed E-state index contributed by atoms with van der Waals surface area (Å²) in [6.45, 7) is 0.429. The lowest BCUT2D eigenvalue weighted by Gasteiger charge is -2.24. The van der Waals surface area contributed by atoms with E-state index in [1.807, 2.05) is 0 Å². The van der Waals surface area contributed by atoms with Crippen LogP contribution in [0, 0.1) is 0 Å². The van der Waals surface area contributed by atoms with Crippen molar-refractivity contribution < 1.29 is 18.3 Å². The van der Waals surface area contributed by atoms with Crippen molar-refractivity contribution in [2.75, 3.05) is 18.1 Å². The monoisotopic (exact) mass is 281 g/mol. The minimum absolute atomic E-state index is 0.110. The first-order valence-electron chi connectivity index (χ1n) is 5.41. The molecule has 1 N–H and O–H groups in total. The van der Waals surface area contributed by atoms with Crippen LogP contribution in [0.1, 0.15) is 18.7 Å². The number of rotatable bonds is 2. The Morgan fingerprint density at radius 3 is 2.78 bits per heavy atom. The van der Waals surface area contributed by atoms with Gasteiger partial charge >= 0.3 is 6.18 Å². The highest BCUT2D eigenvalue weighted by atomic mass is 35.5. The quantitative estimate of drug-likeness (QED) is 0.844. The van der Waals surface area contributed by atoms with Gasteiger partial charge in [-0.1, -0.05) is 11.6 Å². The highest BCUT2D eigenvalue weighted by Crippen LogP contribution is 2.31. The van der Waals surface area contributed by atoms with Crippen LogP contribution in [0.3, 0.4) is 0 Å². The lowest BCUT2D eigenvalue weighted by molar-refractivity contribution is -0.144. The van der Waals surface area contributed by atoms with E-state index in [1.165, 1.54) is 6.07 Å². The number of hydrogen-bond donors (Lipinski definition) is 1. The molecule has 1 unspecified atom stereocenters. The van der Waals surface area contributed by atoms with Crippen LogP contribution in [0.25, 0.3) is 0 Å². The second kappa shape index (κ2) is 4.89. The van der Waals surface area contributed by atoms with Gasteiger partial charge in [0.1, 0.15) is 11.0 Å². The summed E-state index contributed by atoms with van der Waals surface area (Å²) in [5.41, 5.74) is 0. The SMILES string of the molecule is OCC1CCCN1c1cc(Cl)nc(C(F)(F)F)n1. The van der Waals surface area contributed by atoms with E-state index in [2.05, 4.69) is 9.97 Å². The Morgan fingerprint density at radius 1 is 1.44 bits per heavy atom. The van der Waals surface area contributed by atoms with Crippen molar-refractivity contribution >= 4 is 17.4 Å². The maximum absolute atomic E-state index is 12.6. The molecule has 1 aromatic heterocycles. The number of aromatic nitrogens is 2. The summed E-state index contributed by atoms with van der Waals surface area (Å²) in [7, 11) is 0. The summed E-state index contributed by atoms with van der Waals surface area (Å²) < 4.78 is 37.7. The number of hydrogen-bond acceptors (Lipinski definition) is 4. The molecule has 100 valence electrons. The predicted octanol–water partition coefficient (Wildman–Crippen LogP) is 2.11. The van der Waals surface area contributed by atoms with Crippen molar-refractivity contribution in [3.05, 3.63) is 17.0 Å². The van der Waals surface area contributed by atoms with E-state index in [-0.39, 0.29) is 23.6 Å². The third-order valence-corrected chi connectivity index (χ3v) is 3.01. The zero-order valence-corrected chi connectivity index (χ0v) is 10.0. The molecule has 0 bridgehead atoms. The molecule has 1 aliphatic rings. The van der Waals surface area contributed by atoms with Gasteiger partial charge in [-0.15, -0.1) is 0 Å². The van der Waals surface area contributed by atoms with E-state index in [0.29, 0.717) is 6.54 Å². The largest absolute Gasteiger partial charge is 0.451 e. The Hall–Kier alpha value is -1.08. The molecule has 1 aromatic rings. The molecule has 0 saturated carbocycles. The van der Waals surface area contributed by atoms with Crippen molar-refractivity contribution in [1.29, 1.82) is 0 Å². The molecule has 2 rings (SSSR count). The van der Waals surface area contributed by atoms with Crippen LogP contribution >= 0.6 is 11.6 Å². The van der Waals surface area contributed by atoms with E-state index < -0.39 is 12.0 Å². The van der Waals surface area contributed by atoms with Gasteiger partial charge < -0.3 is 10.0 Å². The maximum atomic E-state index is 12.6. The van der Waals surface area contributed by atoms with Crippen LogP contribution in [0.2, 0.25) is 5.15 Å². The van der Waals surface area contributed by atoms with Gasteiger partial charge in [0.2, 0.25) is 5.82 Å². The van der Waals surface area contributed by atoms with Crippen LogP contribution < -0.4 is 4.90 Å². The minimum Gasteiger partial charge on any atom is -0.394 e. The zero-order valence-electron chi connectivity index (χ0n) is 9.28. The van der Waals surface area contributed by atoms with Gasteiger partial charge in [0, 0.05) is 12.6 Å². The molecule has 1 fully saturated rings. The van der Waals surface area contributed by atoms with E-state index in [9.17, 15) is 13.2 Å². The van der Waals surface area contributed by atoms with Gasteiger partial charge in [0.05, 0.1) is 12.6 Å². The molecule has 2 heterocycles. The van der Waals surface area contributed by atoms with E-state index >= 15 is 0 Å². The Morgan fingerprint density at radius 2 is 2.17 bits per heavy atom. The topological polar surface area (TPSA) is 49.2 Å². The van der Waals surface area contributed by atoms with Crippen molar-refractivity contribution in [1.82, 2.24) is 9.97 Å². The summed E-state index contributed by atoms with van der Waals surface area (Å²) in [4.78, 5) is 8.27. The molecule has 0 radical (unpaired) electrons. The summed E-state index contributed by atoms with van der Waals surface area (Å²) in [5.74, 6) is -1.15. The van der Waals surface area contributed by atoms with Gasteiger partial charge in [0.25, 0.3) is 0 Å². The van der Waals surface area contributed by atoms with E-state index in [4.69, 9.17) is 16.7 Å². The fourth-order valence-electron chi connectivity index (χ4n) is 2.01. The molecular formula is C10H11ClF3N3O. The number of alkyl halides is 3. The Balaban J connectivity index is 2.36. The minimum atomic E-state index is -4.63. The van der Waals surface area contributed by atoms with Gasteiger partial charge in [-0.2, -0.15) is 13.2 Å². The summed E-state index contributed by atoms with van der Waals surface area (Å²) >= 11 is 5.59. The third-order valence-electron chi connectivity index (χ3n) is 2.82. The number of nitrogens with zero attached hydrogens (tertiary/aromatic N) is 3. The molecule has 0 spiro atoms. The fraction of sp³-hybridized carbons (Fsp3) is 0.600. The molecule has 1 atom stereocenters. The van der Waals surface area contributed by atoms with E-state index in [1.54, 1.807) is 4.90 Å². The Kier molecular flexibility index (Phi) is 3.63. The van der Waals surface area contributed by atoms with Gasteiger partial charge in [0.15, 0.2) is 0 Å². The van der Waals surface area contributed by atoms with E-state index in [0.717, 1.165) is 12.8 Å².